The Kier molecular flexibility index (Phi) is 9.91. The Morgan fingerprint density at radius 1 is 0.829 bits per heavy atom. The van der Waals surface area contributed by atoms with E-state index in [4.69, 9.17) is 11.6 Å². The predicted octanol–water partition coefficient (Wildman–Crippen LogP) is 8.09. The van der Waals surface area contributed by atoms with E-state index >= 15 is 0 Å². The average Bonchev–Trinajstić information content (AvgIpc) is 3.46. The fourth-order valence-corrected chi connectivity index (χ4v) is 5.93. The van der Waals surface area contributed by atoms with Crippen LogP contribution >= 0.6 is 22.9 Å². The first-order chi connectivity index (χ1) is 20.0. The van der Waals surface area contributed by atoms with Crippen molar-refractivity contribution in [2.45, 2.75) is 32.0 Å². The second kappa shape index (κ2) is 14.2. The summed E-state index contributed by atoms with van der Waals surface area (Å²) in [6.07, 6.45) is 0.780. The number of amides is 1. The molecule has 0 aliphatic heterocycles. The normalized spacial score (nSPS) is 11.2. The fraction of sp³-hybridized carbons (Fsp3) is 0.176. The molecule has 0 atom stereocenters. The maximum atomic E-state index is 13.5. The van der Waals surface area contributed by atoms with Gasteiger partial charge in [0.1, 0.15) is 16.5 Å². The first-order valence-corrected chi connectivity index (χ1v) is 14.8. The Morgan fingerprint density at radius 3 is 2.15 bits per heavy atom. The van der Waals surface area contributed by atoms with Crippen LogP contribution in [0.1, 0.15) is 50.1 Å². The number of benzene rings is 4. The minimum Gasteiger partial charge on any atom is -0.351 e. The van der Waals surface area contributed by atoms with Gasteiger partial charge in [0.05, 0.1) is 6.54 Å². The van der Waals surface area contributed by atoms with Crippen molar-refractivity contribution in [3.63, 3.8) is 0 Å². The number of nitrogens with zero attached hydrogens (tertiary/aromatic N) is 2. The summed E-state index contributed by atoms with van der Waals surface area (Å²) in [5.41, 5.74) is 4.94. The van der Waals surface area contributed by atoms with Gasteiger partial charge < -0.3 is 5.32 Å². The molecule has 1 amide bonds. The Labute approximate surface area is 249 Å². The Balaban J connectivity index is 1.23. The Bertz CT molecular complexity index is 1500. The molecule has 41 heavy (non-hydrogen) atoms. The van der Waals surface area contributed by atoms with Gasteiger partial charge in [0.25, 0.3) is 5.91 Å². The van der Waals surface area contributed by atoms with Gasteiger partial charge in [-0.3, -0.25) is 9.69 Å². The van der Waals surface area contributed by atoms with Crippen LogP contribution in [0.4, 0.5) is 4.39 Å². The van der Waals surface area contributed by atoms with Gasteiger partial charge in [-0.2, -0.15) is 0 Å². The summed E-state index contributed by atoms with van der Waals surface area (Å²) in [5, 5.41) is 6.40. The monoisotopic (exact) mass is 583 g/mol. The number of aromatic nitrogens is 1. The van der Waals surface area contributed by atoms with E-state index in [2.05, 4.69) is 39.5 Å². The van der Waals surface area contributed by atoms with Crippen molar-refractivity contribution >= 4 is 28.8 Å². The number of rotatable bonds is 12. The molecule has 0 aliphatic rings. The summed E-state index contributed by atoms with van der Waals surface area (Å²) in [6, 6.07) is 35.0. The highest BCUT2D eigenvalue weighted by Gasteiger charge is 2.17. The van der Waals surface area contributed by atoms with Crippen LogP contribution in [0, 0.1) is 5.82 Å². The zero-order valence-corrected chi connectivity index (χ0v) is 24.1. The lowest BCUT2D eigenvalue weighted by Gasteiger charge is -2.21. The van der Waals surface area contributed by atoms with Crippen LogP contribution in [0.3, 0.4) is 0 Å². The molecule has 7 heteroatoms. The fourth-order valence-electron chi connectivity index (χ4n) is 4.91. The van der Waals surface area contributed by atoms with Crippen LogP contribution in [0.25, 0.3) is 0 Å². The maximum Gasteiger partial charge on any atom is 0.270 e. The molecule has 0 bridgehead atoms. The molecule has 1 N–H and O–H groups in total. The topological polar surface area (TPSA) is 45.2 Å². The molecule has 4 aromatic carbocycles. The molecule has 0 fully saturated rings. The molecule has 0 spiro atoms. The summed E-state index contributed by atoms with van der Waals surface area (Å²) in [6.45, 7) is 2.32. The van der Waals surface area contributed by atoms with E-state index in [1.54, 1.807) is 12.1 Å². The molecule has 0 aliphatic carbocycles. The highest BCUT2D eigenvalue weighted by molar-refractivity contribution is 7.09. The molecule has 1 heterocycles. The lowest BCUT2D eigenvalue weighted by Crippen LogP contribution is -2.26. The lowest BCUT2D eigenvalue weighted by molar-refractivity contribution is 0.0948. The van der Waals surface area contributed by atoms with E-state index in [0.717, 1.165) is 22.6 Å². The van der Waals surface area contributed by atoms with E-state index in [-0.39, 0.29) is 17.6 Å². The minimum absolute atomic E-state index is 0.174. The number of carbonyl (C=O) groups excluding carboxylic acids is 1. The Hall–Kier alpha value is -3.84. The Morgan fingerprint density at radius 2 is 1.49 bits per heavy atom. The first kappa shape index (κ1) is 28.7. The van der Waals surface area contributed by atoms with Crippen LogP contribution in [0.15, 0.2) is 115 Å². The van der Waals surface area contributed by atoms with Crippen LogP contribution in [-0.4, -0.2) is 22.3 Å². The molecular formula is C34H31ClFN3OS. The average molecular weight is 584 g/mol. The second-order valence-corrected chi connectivity index (χ2v) is 11.3. The number of hydrogen-bond donors (Lipinski definition) is 1. The molecular weight excluding hydrogens is 553 g/mol. The number of nitrogens with one attached hydrogen (secondary N) is 1. The highest BCUT2D eigenvalue weighted by Crippen LogP contribution is 2.27. The van der Waals surface area contributed by atoms with Gasteiger partial charge in [0, 0.05) is 36.0 Å². The summed E-state index contributed by atoms with van der Waals surface area (Å²) < 4.78 is 13.5. The summed E-state index contributed by atoms with van der Waals surface area (Å²) >= 11 is 7.69. The highest BCUT2D eigenvalue weighted by atomic mass is 35.5. The minimum atomic E-state index is -0.260. The molecule has 0 saturated heterocycles. The molecule has 4 nitrogen and oxygen atoms in total. The van der Waals surface area contributed by atoms with Gasteiger partial charge >= 0.3 is 0 Å². The van der Waals surface area contributed by atoms with E-state index in [1.807, 2.05) is 66.0 Å². The predicted molar refractivity (Wildman–Crippen MR) is 165 cm³/mol. The number of carbonyl (C=O) groups is 1. The van der Waals surface area contributed by atoms with Crippen molar-refractivity contribution in [3.05, 3.63) is 158 Å². The molecule has 5 aromatic rings. The van der Waals surface area contributed by atoms with Crippen LogP contribution in [0.2, 0.25) is 5.02 Å². The van der Waals surface area contributed by atoms with Crippen molar-refractivity contribution in [1.29, 1.82) is 0 Å². The third-order valence-electron chi connectivity index (χ3n) is 6.88. The second-order valence-electron chi connectivity index (χ2n) is 9.95. The van der Waals surface area contributed by atoms with Crippen molar-refractivity contribution in [2.24, 2.45) is 0 Å². The summed E-state index contributed by atoms with van der Waals surface area (Å²) in [7, 11) is 0. The van der Waals surface area contributed by atoms with E-state index < -0.39 is 0 Å². The zero-order valence-electron chi connectivity index (χ0n) is 22.5. The zero-order chi connectivity index (χ0) is 28.4. The molecule has 5 rings (SSSR count). The van der Waals surface area contributed by atoms with E-state index in [9.17, 15) is 9.18 Å². The smallest absolute Gasteiger partial charge is 0.270 e. The van der Waals surface area contributed by atoms with Gasteiger partial charge in [-0.15, -0.1) is 11.3 Å². The van der Waals surface area contributed by atoms with Gasteiger partial charge in [0.2, 0.25) is 0 Å². The van der Waals surface area contributed by atoms with E-state index in [0.29, 0.717) is 36.9 Å². The lowest BCUT2D eigenvalue weighted by atomic mass is 9.88. The first-order valence-electron chi connectivity index (χ1n) is 13.6. The van der Waals surface area contributed by atoms with Crippen molar-refractivity contribution in [2.75, 3.05) is 6.54 Å². The molecule has 208 valence electrons. The number of halogens is 2. The number of hydrogen-bond acceptors (Lipinski definition) is 4. The van der Waals surface area contributed by atoms with Crippen molar-refractivity contribution in [3.8, 4) is 0 Å². The molecule has 0 unspecified atom stereocenters. The SMILES string of the molecule is O=C(NCCC(c1ccccc1)c1ccccc1)c1csc(CN(Cc2ccc(F)cc2)Cc2cccc(Cl)c2)n1. The van der Waals surface area contributed by atoms with Crippen molar-refractivity contribution in [1.82, 2.24) is 15.2 Å². The standard InChI is InChI=1S/C34H31ClFN3OS/c35-29-13-7-8-26(20-29)22-39(21-25-14-16-30(36)17-15-25)23-33-38-32(24-41-33)34(40)37-19-18-31(27-9-3-1-4-10-27)28-11-5-2-6-12-28/h1-17,20,24,31H,18-19,21-23H2,(H,37,40). The van der Waals surface area contributed by atoms with Gasteiger partial charge in [-0.1, -0.05) is 96.5 Å². The van der Waals surface area contributed by atoms with E-state index in [1.165, 1.54) is 34.6 Å². The van der Waals surface area contributed by atoms with Crippen molar-refractivity contribution < 1.29 is 9.18 Å². The summed E-state index contributed by atoms with van der Waals surface area (Å²) in [5.74, 6) is -0.243. The molecule has 1 aromatic heterocycles. The van der Waals surface area contributed by atoms with Crippen LogP contribution in [0.5, 0.6) is 0 Å². The van der Waals surface area contributed by atoms with Crippen LogP contribution in [-0.2, 0) is 19.6 Å². The maximum absolute atomic E-state index is 13.5. The number of thiazole rings is 1. The van der Waals surface area contributed by atoms with Gasteiger partial charge in [-0.05, 0) is 52.9 Å². The molecule has 0 radical (unpaired) electrons. The quantitative estimate of drug-likeness (QED) is 0.161. The van der Waals surface area contributed by atoms with Crippen LogP contribution < -0.4 is 5.32 Å². The summed E-state index contributed by atoms with van der Waals surface area (Å²) in [4.78, 5) is 19.9. The largest absolute Gasteiger partial charge is 0.351 e. The third kappa shape index (κ3) is 8.33. The van der Waals surface area contributed by atoms with Gasteiger partial charge in [-0.25, -0.2) is 9.37 Å². The van der Waals surface area contributed by atoms with Gasteiger partial charge in [0.15, 0.2) is 0 Å². The third-order valence-corrected chi connectivity index (χ3v) is 7.95. The molecule has 0 saturated carbocycles.